The predicted molar refractivity (Wildman–Crippen MR) is 77.5 cm³/mol. The van der Waals surface area contributed by atoms with E-state index in [9.17, 15) is 19.1 Å². The standard InChI is InChI=1S/C15H12FN3O3/c1-2-18-12(15(21)22)8-14(20)19-13(18)7-11(17-19)9-3-5-10(16)6-4-9/h3-8H,2H2,1H3,(H,21,22). The second kappa shape index (κ2) is 5.10. The minimum absolute atomic E-state index is 0.0921. The fourth-order valence-corrected chi connectivity index (χ4v) is 2.38. The average molecular weight is 301 g/mol. The zero-order valence-electron chi connectivity index (χ0n) is 11.7. The van der Waals surface area contributed by atoms with Crippen LogP contribution in [0.15, 0.2) is 41.2 Å². The molecule has 112 valence electrons. The number of halogens is 1. The summed E-state index contributed by atoms with van der Waals surface area (Å²) in [6, 6.07) is 8.36. The topological polar surface area (TPSA) is 76.6 Å². The van der Waals surface area contributed by atoms with E-state index in [0.29, 0.717) is 23.4 Å². The second-order valence-electron chi connectivity index (χ2n) is 4.72. The van der Waals surface area contributed by atoms with Gasteiger partial charge in [-0.15, -0.1) is 0 Å². The Morgan fingerprint density at radius 3 is 2.55 bits per heavy atom. The highest BCUT2D eigenvalue weighted by Gasteiger charge is 2.16. The monoisotopic (exact) mass is 301 g/mol. The molecule has 0 unspecified atom stereocenters. The molecule has 1 aromatic carbocycles. The summed E-state index contributed by atoms with van der Waals surface area (Å²) >= 11 is 0. The number of hydrogen-bond donors (Lipinski definition) is 1. The molecule has 2 aromatic heterocycles. The third kappa shape index (κ3) is 2.16. The maximum Gasteiger partial charge on any atom is 0.352 e. The zero-order chi connectivity index (χ0) is 15.9. The van der Waals surface area contributed by atoms with Gasteiger partial charge < -0.3 is 9.67 Å². The van der Waals surface area contributed by atoms with Gasteiger partial charge in [0.15, 0.2) is 0 Å². The molecule has 0 radical (unpaired) electrons. The number of rotatable bonds is 3. The Bertz CT molecular complexity index is 926. The molecule has 7 heteroatoms. The molecule has 0 atom stereocenters. The molecule has 0 aliphatic rings. The molecular formula is C15H12FN3O3. The lowest BCUT2D eigenvalue weighted by molar-refractivity contribution is 0.0684. The van der Waals surface area contributed by atoms with Gasteiger partial charge in [0.25, 0.3) is 5.56 Å². The molecular weight excluding hydrogens is 289 g/mol. The maximum absolute atomic E-state index is 13.0. The van der Waals surface area contributed by atoms with Crippen LogP contribution in [-0.4, -0.2) is 25.3 Å². The van der Waals surface area contributed by atoms with Crippen molar-refractivity contribution in [3.05, 3.63) is 58.3 Å². The molecule has 0 spiro atoms. The Morgan fingerprint density at radius 1 is 1.27 bits per heavy atom. The molecule has 0 aliphatic carbocycles. The zero-order valence-corrected chi connectivity index (χ0v) is 11.7. The molecule has 0 saturated carbocycles. The Hall–Kier alpha value is -2.96. The van der Waals surface area contributed by atoms with Gasteiger partial charge in [-0.2, -0.15) is 9.61 Å². The van der Waals surface area contributed by atoms with Crippen LogP contribution in [0.3, 0.4) is 0 Å². The van der Waals surface area contributed by atoms with E-state index < -0.39 is 11.5 Å². The van der Waals surface area contributed by atoms with E-state index in [-0.39, 0.29) is 11.5 Å². The number of aromatic nitrogens is 3. The fourth-order valence-electron chi connectivity index (χ4n) is 2.38. The quantitative estimate of drug-likeness (QED) is 0.803. The third-order valence-electron chi connectivity index (χ3n) is 3.40. The Kier molecular flexibility index (Phi) is 3.25. The smallest absolute Gasteiger partial charge is 0.352 e. The summed E-state index contributed by atoms with van der Waals surface area (Å²) in [5.74, 6) is -1.54. The number of hydrogen-bond acceptors (Lipinski definition) is 3. The van der Waals surface area contributed by atoms with Crippen molar-refractivity contribution < 1.29 is 14.3 Å². The Labute approximate surface area is 124 Å². The highest BCUT2D eigenvalue weighted by Crippen LogP contribution is 2.20. The van der Waals surface area contributed by atoms with Crippen LogP contribution in [0.4, 0.5) is 4.39 Å². The van der Waals surface area contributed by atoms with Crippen LogP contribution >= 0.6 is 0 Å². The van der Waals surface area contributed by atoms with Gasteiger partial charge in [-0.25, -0.2) is 9.18 Å². The summed E-state index contributed by atoms with van der Waals surface area (Å²) in [5.41, 5.74) is 0.883. The van der Waals surface area contributed by atoms with Crippen LogP contribution in [0.1, 0.15) is 17.4 Å². The molecule has 1 N–H and O–H groups in total. The molecule has 0 saturated heterocycles. The van der Waals surface area contributed by atoms with Crippen molar-refractivity contribution in [1.82, 2.24) is 14.2 Å². The second-order valence-corrected chi connectivity index (χ2v) is 4.72. The van der Waals surface area contributed by atoms with E-state index in [1.165, 1.54) is 16.7 Å². The molecule has 0 bridgehead atoms. The number of aromatic carboxylic acids is 1. The first kappa shape index (κ1) is 14.0. The van der Waals surface area contributed by atoms with Crippen LogP contribution in [0.2, 0.25) is 0 Å². The summed E-state index contributed by atoms with van der Waals surface area (Å²) in [6.07, 6.45) is 0. The number of fused-ring (bicyclic) bond motifs is 1. The summed E-state index contributed by atoms with van der Waals surface area (Å²) in [6.45, 7) is 2.15. The Balaban J connectivity index is 2.29. The first-order valence-electron chi connectivity index (χ1n) is 6.64. The minimum atomic E-state index is -1.18. The molecule has 6 nitrogen and oxygen atoms in total. The van der Waals surface area contributed by atoms with Crippen molar-refractivity contribution in [2.24, 2.45) is 0 Å². The van der Waals surface area contributed by atoms with Crippen LogP contribution < -0.4 is 5.56 Å². The molecule has 22 heavy (non-hydrogen) atoms. The molecule has 2 heterocycles. The first-order valence-corrected chi connectivity index (χ1v) is 6.64. The minimum Gasteiger partial charge on any atom is -0.477 e. The van der Waals surface area contributed by atoms with Gasteiger partial charge in [0.2, 0.25) is 0 Å². The number of benzene rings is 1. The third-order valence-corrected chi connectivity index (χ3v) is 3.40. The molecule has 0 fully saturated rings. The van der Waals surface area contributed by atoms with Crippen molar-refractivity contribution in [3.63, 3.8) is 0 Å². The normalized spacial score (nSPS) is 11.0. The van der Waals surface area contributed by atoms with E-state index >= 15 is 0 Å². The maximum atomic E-state index is 13.0. The van der Waals surface area contributed by atoms with Crippen LogP contribution in [-0.2, 0) is 6.54 Å². The lowest BCUT2D eigenvalue weighted by Gasteiger charge is -2.09. The van der Waals surface area contributed by atoms with Crippen molar-refractivity contribution >= 4 is 11.6 Å². The molecule has 0 amide bonds. The van der Waals surface area contributed by atoms with E-state index in [1.54, 1.807) is 25.1 Å². The summed E-state index contributed by atoms with van der Waals surface area (Å²) in [5, 5.41) is 13.4. The summed E-state index contributed by atoms with van der Waals surface area (Å²) in [4.78, 5) is 23.3. The van der Waals surface area contributed by atoms with Crippen molar-refractivity contribution in [3.8, 4) is 11.3 Å². The van der Waals surface area contributed by atoms with Gasteiger partial charge in [-0.1, -0.05) is 0 Å². The highest BCUT2D eigenvalue weighted by atomic mass is 19.1. The molecule has 0 aliphatic heterocycles. The van der Waals surface area contributed by atoms with Gasteiger partial charge >= 0.3 is 5.97 Å². The van der Waals surface area contributed by atoms with Gasteiger partial charge in [0, 0.05) is 24.2 Å². The van der Waals surface area contributed by atoms with Crippen LogP contribution in [0, 0.1) is 5.82 Å². The van der Waals surface area contributed by atoms with Gasteiger partial charge in [-0.3, -0.25) is 4.79 Å². The van der Waals surface area contributed by atoms with E-state index in [1.807, 2.05) is 0 Å². The fraction of sp³-hybridized carbons (Fsp3) is 0.133. The summed E-state index contributed by atoms with van der Waals surface area (Å²) < 4.78 is 15.6. The largest absolute Gasteiger partial charge is 0.477 e. The Morgan fingerprint density at radius 2 is 1.95 bits per heavy atom. The van der Waals surface area contributed by atoms with Crippen LogP contribution in [0.25, 0.3) is 16.9 Å². The van der Waals surface area contributed by atoms with E-state index in [4.69, 9.17) is 0 Å². The van der Waals surface area contributed by atoms with Gasteiger partial charge in [0.1, 0.15) is 17.2 Å². The number of carboxylic acids is 1. The predicted octanol–water partition coefficient (Wildman–Crippen LogP) is 2.02. The number of carbonyl (C=O) groups is 1. The first-order chi connectivity index (χ1) is 10.5. The lowest BCUT2D eigenvalue weighted by Crippen LogP contribution is -2.23. The van der Waals surface area contributed by atoms with Crippen LogP contribution in [0.5, 0.6) is 0 Å². The van der Waals surface area contributed by atoms with Gasteiger partial charge in [0.05, 0.1) is 5.69 Å². The lowest BCUT2D eigenvalue weighted by atomic mass is 10.1. The number of aryl methyl sites for hydroxylation is 1. The van der Waals surface area contributed by atoms with Gasteiger partial charge in [-0.05, 0) is 31.2 Å². The van der Waals surface area contributed by atoms with E-state index in [2.05, 4.69) is 5.10 Å². The molecule has 3 aromatic rings. The number of carboxylic acid groups (broad SMARTS) is 1. The average Bonchev–Trinajstić information content (AvgIpc) is 2.93. The SMILES string of the molecule is CCn1c(C(=O)O)cc(=O)n2nc(-c3ccc(F)cc3)cc12. The van der Waals surface area contributed by atoms with Crippen molar-refractivity contribution in [1.29, 1.82) is 0 Å². The summed E-state index contributed by atoms with van der Waals surface area (Å²) in [7, 11) is 0. The molecule has 3 rings (SSSR count). The van der Waals surface area contributed by atoms with E-state index in [0.717, 1.165) is 10.6 Å². The van der Waals surface area contributed by atoms with Crippen molar-refractivity contribution in [2.45, 2.75) is 13.5 Å². The number of nitrogens with zero attached hydrogens (tertiary/aromatic N) is 3. The highest BCUT2D eigenvalue weighted by molar-refractivity contribution is 5.86. The van der Waals surface area contributed by atoms with Crippen molar-refractivity contribution in [2.75, 3.05) is 0 Å².